The van der Waals surface area contributed by atoms with Crippen molar-refractivity contribution in [2.45, 2.75) is 90.4 Å². The maximum absolute atomic E-state index is 14.8. The minimum absolute atomic E-state index is 0.00120. The number of hydrogen-bond acceptors (Lipinski definition) is 5. The van der Waals surface area contributed by atoms with Crippen LogP contribution in [0.3, 0.4) is 0 Å². The van der Waals surface area contributed by atoms with Gasteiger partial charge in [-0.2, -0.15) is 4.39 Å². The summed E-state index contributed by atoms with van der Waals surface area (Å²) in [4.78, 5) is 43.7. The summed E-state index contributed by atoms with van der Waals surface area (Å²) in [5.41, 5.74) is 4.66. The van der Waals surface area contributed by atoms with Gasteiger partial charge in [-0.15, -0.1) is 0 Å². The average Bonchev–Trinajstić information content (AvgIpc) is 3.97. The zero-order chi connectivity index (χ0) is 37.2. The Morgan fingerprint density at radius 2 is 1.69 bits per heavy atom. The minimum atomic E-state index is -1.34. The second-order valence-corrected chi connectivity index (χ2v) is 14.9. The molecule has 3 aliphatic rings. The fourth-order valence-corrected chi connectivity index (χ4v) is 7.10. The third-order valence-corrected chi connectivity index (χ3v) is 10.5. The van der Waals surface area contributed by atoms with Crippen molar-refractivity contribution < 1.29 is 37.4 Å². The standard InChI is InChI=1S/C41H46F3N3O5/c1-25-7-4-5-9-28(25)22-47(30-14-15-30)39(49)36-31(21-29-23-46(24-34(36)45-29)35(48)18-19-41(2,3)40(50)51)27-12-10-26(11-13-27)8-6-20-52-38-33(43)17-16-32(42)37(38)44/h4-5,7,9-13,16-17,29-30,34,45H,6,8,14-15,18-24H2,1-3H3,(H,50,51). The highest BCUT2D eigenvalue weighted by molar-refractivity contribution is 6.03. The number of carbonyl (C=O) groups excluding carboxylic acids is 2. The summed E-state index contributed by atoms with van der Waals surface area (Å²) in [6.45, 7) is 6.53. The largest absolute Gasteiger partial charge is 0.488 e. The van der Waals surface area contributed by atoms with Crippen LogP contribution in [0.2, 0.25) is 0 Å². The van der Waals surface area contributed by atoms with Gasteiger partial charge in [-0.05, 0) is 99.3 Å². The average molecular weight is 718 g/mol. The number of carboxylic acids is 1. The van der Waals surface area contributed by atoms with Crippen molar-refractivity contribution >= 4 is 23.4 Å². The molecule has 0 aromatic heterocycles. The first-order valence-corrected chi connectivity index (χ1v) is 18.0. The molecule has 0 spiro atoms. The summed E-state index contributed by atoms with van der Waals surface area (Å²) in [5.74, 6) is -5.29. The van der Waals surface area contributed by atoms with Crippen LogP contribution in [-0.2, 0) is 27.3 Å². The first-order valence-electron chi connectivity index (χ1n) is 18.0. The van der Waals surface area contributed by atoms with Crippen molar-refractivity contribution in [2.75, 3.05) is 19.7 Å². The quantitative estimate of drug-likeness (QED) is 0.140. The molecule has 0 radical (unpaired) electrons. The van der Waals surface area contributed by atoms with Gasteiger partial charge in [0, 0.05) is 43.7 Å². The summed E-state index contributed by atoms with van der Waals surface area (Å²) in [7, 11) is 0. The first kappa shape index (κ1) is 37.1. The highest BCUT2D eigenvalue weighted by atomic mass is 19.2. The highest BCUT2D eigenvalue weighted by Crippen LogP contribution is 2.38. The van der Waals surface area contributed by atoms with Gasteiger partial charge in [-0.3, -0.25) is 14.4 Å². The van der Waals surface area contributed by atoms with Crippen LogP contribution in [0.25, 0.3) is 5.57 Å². The number of carbonyl (C=O) groups is 3. The van der Waals surface area contributed by atoms with E-state index in [2.05, 4.69) is 11.4 Å². The number of fused-ring (bicyclic) bond motifs is 2. The molecule has 2 amide bonds. The Labute approximate surface area is 302 Å². The molecule has 2 heterocycles. The number of aliphatic carboxylic acids is 1. The second kappa shape index (κ2) is 15.5. The van der Waals surface area contributed by atoms with Crippen LogP contribution in [0.1, 0.15) is 74.6 Å². The number of ether oxygens (including phenoxy) is 1. The SMILES string of the molecule is Cc1ccccc1CN(C(=O)C1=C(c2ccc(CCCOc3c(F)ccc(F)c3F)cc2)CC2CN(C(=O)CCC(C)(C)C(=O)O)CC1N2)C1CC1. The van der Waals surface area contributed by atoms with Gasteiger partial charge in [-0.1, -0.05) is 48.5 Å². The van der Waals surface area contributed by atoms with Gasteiger partial charge in [0.05, 0.1) is 18.1 Å². The molecule has 2 fully saturated rings. The molecular formula is C41H46F3N3O5. The second-order valence-electron chi connectivity index (χ2n) is 14.9. The molecule has 6 rings (SSSR count). The topological polar surface area (TPSA) is 99.2 Å². The summed E-state index contributed by atoms with van der Waals surface area (Å²) < 4.78 is 46.7. The van der Waals surface area contributed by atoms with E-state index in [1.807, 2.05) is 54.3 Å². The number of benzene rings is 3. The molecule has 52 heavy (non-hydrogen) atoms. The Kier molecular flexibility index (Phi) is 11.1. The molecule has 3 aromatic carbocycles. The Morgan fingerprint density at radius 1 is 0.981 bits per heavy atom. The Bertz CT molecular complexity index is 1860. The lowest BCUT2D eigenvalue weighted by Gasteiger charge is -2.45. The van der Waals surface area contributed by atoms with Crippen LogP contribution in [0, 0.1) is 29.8 Å². The molecule has 2 bridgehead atoms. The van der Waals surface area contributed by atoms with Gasteiger partial charge < -0.3 is 25.0 Å². The third-order valence-electron chi connectivity index (χ3n) is 10.5. The summed E-state index contributed by atoms with van der Waals surface area (Å²) in [5, 5.41) is 13.2. The van der Waals surface area contributed by atoms with Gasteiger partial charge in [0.2, 0.25) is 11.7 Å². The van der Waals surface area contributed by atoms with Crippen molar-refractivity contribution in [3.63, 3.8) is 0 Å². The zero-order valence-corrected chi connectivity index (χ0v) is 29.9. The fraction of sp³-hybridized carbons (Fsp3) is 0.439. The van der Waals surface area contributed by atoms with E-state index < -0.39 is 40.6 Å². The lowest BCUT2D eigenvalue weighted by atomic mass is 9.82. The van der Waals surface area contributed by atoms with Gasteiger partial charge >= 0.3 is 5.97 Å². The van der Waals surface area contributed by atoms with Crippen LogP contribution in [0.5, 0.6) is 5.75 Å². The van der Waals surface area contributed by atoms with Crippen molar-refractivity contribution in [3.8, 4) is 5.75 Å². The lowest BCUT2D eigenvalue weighted by Crippen LogP contribution is -2.62. The van der Waals surface area contributed by atoms with Gasteiger partial charge in [0.15, 0.2) is 17.4 Å². The van der Waals surface area contributed by atoms with E-state index >= 15 is 0 Å². The number of piperazine rings is 1. The van der Waals surface area contributed by atoms with E-state index in [0.29, 0.717) is 44.5 Å². The molecule has 3 aromatic rings. The number of nitrogens with one attached hydrogen (secondary N) is 1. The normalized spacial score (nSPS) is 18.7. The van der Waals surface area contributed by atoms with Crippen molar-refractivity contribution in [1.29, 1.82) is 0 Å². The van der Waals surface area contributed by atoms with E-state index in [1.165, 1.54) is 0 Å². The Hall–Kier alpha value is -4.64. The van der Waals surface area contributed by atoms with Crippen LogP contribution in [0.15, 0.2) is 66.2 Å². The number of aryl methyl sites for hydroxylation is 2. The minimum Gasteiger partial charge on any atom is -0.488 e. The zero-order valence-electron chi connectivity index (χ0n) is 29.9. The predicted octanol–water partition coefficient (Wildman–Crippen LogP) is 6.83. The molecule has 1 saturated carbocycles. The number of carboxylic acid groups (broad SMARTS) is 1. The highest BCUT2D eigenvalue weighted by Gasteiger charge is 2.43. The number of nitrogens with zero attached hydrogens (tertiary/aromatic N) is 2. The third kappa shape index (κ3) is 8.36. The lowest BCUT2D eigenvalue weighted by molar-refractivity contribution is -0.148. The van der Waals surface area contributed by atoms with Crippen LogP contribution in [-0.4, -0.2) is 70.5 Å². The molecule has 2 aliphatic heterocycles. The van der Waals surface area contributed by atoms with Crippen LogP contribution >= 0.6 is 0 Å². The monoisotopic (exact) mass is 717 g/mol. The summed E-state index contributed by atoms with van der Waals surface area (Å²) in [6.07, 6.45) is 3.72. The molecule has 276 valence electrons. The molecule has 2 N–H and O–H groups in total. The first-order chi connectivity index (χ1) is 24.8. The van der Waals surface area contributed by atoms with E-state index in [0.717, 1.165) is 52.8 Å². The molecule has 1 aliphatic carbocycles. The van der Waals surface area contributed by atoms with Crippen LogP contribution in [0.4, 0.5) is 13.2 Å². The Morgan fingerprint density at radius 3 is 2.38 bits per heavy atom. The molecular weight excluding hydrogens is 671 g/mol. The molecule has 11 heteroatoms. The molecule has 2 atom stereocenters. The maximum atomic E-state index is 14.8. The van der Waals surface area contributed by atoms with E-state index in [-0.39, 0.29) is 43.3 Å². The van der Waals surface area contributed by atoms with Gasteiger partial charge in [0.1, 0.15) is 0 Å². The van der Waals surface area contributed by atoms with Gasteiger partial charge in [-0.25, -0.2) is 8.78 Å². The summed E-state index contributed by atoms with van der Waals surface area (Å²) >= 11 is 0. The maximum Gasteiger partial charge on any atom is 0.309 e. The predicted molar refractivity (Wildman–Crippen MR) is 191 cm³/mol. The smallest absolute Gasteiger partial charge is 0.309 e. The molecule has 8 nitrogen and oxygen atoms in total. The number of rotatable bonds is 14. The number of halogens is 3. The van der Waals surface area contributed by atoms with E-state index in [1.54, 1.807) is 18.7 Å². The van der Waals surface area contributed by atoms with Crippen molar-refractivity contribution in [1.82, 2.24) is 15.1 Å². The molecule has 2 unspecified atom stereocenters. The van der Waals surface area contributed by atoms with Crippen LogP contribution < -0.4 is 10.1 Å². The van der Waals surface area contributed by atoms with Crippen molar-refractivity contribution in [3.05, 3.63) is 106 Å². The molecule has 1 saturated heterocycles. The van der Waals surface area contributed by atoms with Gasteiger partial charge in [0.25, 0.3) is 5.91 Å². The van der Waals surface area contributed by atoms with E-state index in [4.69, 9.17) is 4.74 Å². The number of amides is 2. The number of hydrogen-bond donors (Lipinski definition) is 2. The Balaban J connectivity index is 1.23. The fourth-order valence-electron chi connectivity index (χ4n) is 7.10. The van der Waals surface area contributed by atoms with E-state index in [9.17, 15) is 32.7 Å². The van der Waals surface area contributed by atoms with Crippen molar-refractivity contribution in [2.24, 2.45) is 5.41 Å². The summed E-state index contributed by atoms with van der Waals surface area (Å²) in [6, 6.07) is 17.2.